The van der Waals surface area contributed by atoms with E-state index >= 15 is 0 Å². The van der Waals surface area contributed by atoms with Gasteiger partial charge in [0.05, 0.1) is 10.6 Å². The lowest BCUT2D eigenvalue weighted by Gasteiger charge is -2.11. The van der Waals surface area contributed by atoms with Crippen molar-refractivity contribution in [1.82, 2.24) is 0 Å². The van der Waals surface area contributed by atoms with Crippen molar-refractivity contribution >= 4 is 27.8 Å². The van der Waals surface area contributed by atoms with E-state index in [4.69, 9.17) is 5.73 Å². The summed E-state index contributed by atoms with van der Waals surface area (Å²) in [6.07, 6.45) is 4.68. The summed E-state index contributed by atoms with van der Waals surface area (Å²) in [5.74, 6) is -0.0923. The summed E-state index contributed by atoms with van der Waals surface area (Å²) in [6.45, 7) is 3.69. The second kappa shape index (κ2) is 5.62. The predicted octanol–water partition coefficient (Wildman–Crippen LogP) is 3.40. The Morgan fingerprint density at radius 1 is 1.47 bits per heavy atom. The van der Waals surface area contributed by atoms with Crippen molar-refractivity contribution < 1.29 is 4.79 Å². The van der Waals surface area contributed by atoms with Gasteiger partial charge in [0, 0.05) is 12.0 Å². The molecule has 4 nitrogen and oxygen atoms in total. The quantitative estimate of drug-likeness (QED) is 0.827. The van der Waals surface area contributed by atoms with Gasteiger partial charge >= 0.3 is 0 Å². The zero-order valence-corrected chi connectivity index (χ0v) is 12.1. The maximum absolute atomic E-state index is 12.1. The van der Waals surface area contributed by atoms with Crippen molar-refractivity contribution in [3.8, 4) is 6.07 Å². The second-order valence-corrected chi connectivity index (χ2v) is 6.33. The maximum Gasteiger partial charge on any atom is 0.177 e. The molecule has 1 heterocycles. The van der Waals surface area contributed by atoms with Crippen LogP contribution in [-0.2, 0) is 0 Å². The number of nitrogen functional groups attached to an aromatic ring is 1. The van der Waals surface area contributed by atoms with Gasteiger partial charge in [-0.3, -0.25) is 4.79 Å². The number of hydrogen-bond acceptors (Lipinski definition) is 5. The highest BCUT2D eigenvalue weighted by molar-refractivity contribution is 7.19. The number of rotatable bonds is 4. The topological polar surface area (TPSA) is 78.9 Å². The van der Waals surface area contributed by atoms with Gasteiger partial charge in [-0.1, -0.05) is 26.7 Å². The van der Waals surface area contributed by atoms with Crippen LogP contribution in [0.2, 0.25) is 0 Å². The minimum Gasteiger partial charge on any atom is -0.396 e. The Bertz CT molecular complexity index is 522. The average Bonchev–Trinajstić information content (AvgIpc) is 2.97. The van der Waals surface area contributed by atoms with Crippen LogP contribution in [-0.4, -0.2) is 11.8 Å². The third-order valence-corrected chi connectivity index (χ3v) is 4.65. The van der Waals surface area contributed by atoms with Crippen LogP contribution in [0.1, 0.15) is 54.8 Å². The minimum absolute atomic E-state index is 0.0125. The van der Waals surface area contributed by atoms with Gasteiger partial charge < -0.3 is 11.1 Å². The minimum atomic E-state index is -0.105. The molecular weight excluding hydrogens is 258 g/mol. The summed E-state index contributed by atoms with van der Waals surface area (Å²) in [6, 6.07) is 2.53. The van der Waals surface area contributed by atoms with E-state index in [0.717, 1.165) is 17.8 Å². The average molecular weight is 277 g/mol. The molecular formula is C14H19N3OS. The highest BCUT2D eigenvalue weighted by Crippen LogP contribution is 2.38. The van der Waals surface area contributed by atoms with Gasteiger partial charge in [0.15, 0.2) is 5.78 Å². The first kappa shape index (κ1) is 13.9. The number of nitrogens with one attached hydrogen (secondary N) is 1. The molecule has 0 atom stereocenters. The largest absolute Gasteiger partial charge is 0.396 e. The van der Waals surface area contributed by atoms with Gasteiger partial charge in [-0.2, -0.15) is 5.26 Å². The van der Waals surface area contributed by atoms with Crippen molar-refractivity contribution in [3.63, 3.8) is 0 Å². The first-order valence-corrected chi connectivity index (χ1v) is 7.49. The molecule has 0 radical (unpaired) electrons. The van der Waals surface area contributed by atoms with Crippen LogP contribution in [0, 0.1) is 17.2 Å². The Balaban J connectivity index is 2.30. The van der Waals surface area contributed by atoms with Crippen LogP contribution >= 0.6 is 11.3 Å². The van der Waals surface area contributed by atoms with E-state index in [1.165, 1.54) is 24.2 Å². The third-order valence-electron chi connectivity index (χ3n) is 3.50. The summed E-state index contributed by atoms with van der Waals surface area (Å²) >= 11 is 1.33. The van der Waals surface area contributed by atoms with Crippen molar-refractivity contribution in [2.24, 2.45) is 5.92 Å². The molecule has 0 aromatic carbocycles. The van der Waals surface area contributed by atoms with Crippen molar-refractivity contribution in [2.75, 3.05) is 11.1 Å². The fourth-order valence-electron chi connectivity index (χ4n) is 2.36. The molecule has 5 heteroatoms. The molecule has 1 aromatic rings. The number of nitrogens with two attached hydrogens (primary N) is 1. The molecule has 0 unspecified atom stereocenters. The number of nitriles is 1. The van der Waals surface area contributed by atoms with E-state index in [0.29, 0.717) is 22.2 Å². The predicted molar refractivity (Wildman–Crippen MR) is 78.5 cm³/mol. The van der Waals surface area contributed by atoms with Gasteiger partial charge in [-0.25, -0.2) is 0 Å². The molecule has 102 valence electrons. The van der Waals surface area contributed by atoms with Gasteiger partial charge in [-0.15, -0.1) is 11.3 Å². The Hall–Kier alpha value is -1.54. The zero-order chi connectivity index (χ0) is 14.0. The van der Waals surface area contributed by atoms with E-state index in [-0.39, 0.29) is 11.7 Å². The Morgan fingerprint density at radius 3 is 2.63 bits per heavy atom. The molecule has 0 saturated heterocycles. The molecule has 0 bridgehead atoms. The van der Waals surface area contributed by atoms with Gasteiger partial charge in [0.25, 0.3) is 0 Å². The monoisotopic (exact) mass is 277 g/mol. The molecule has 1 aliphatic carbocycles. The number of thiophene rings is 1. The van der Waals surface area contributed by atoms with Crippen LogP contribution in [0.15, 0.2) is 0 Å². The second-order valence-electron chi connectivity index (χ2n) is 5.31. The summed E-state index contributed by atoms with van der Waals surface area (Å²) in [5.41, 5.74) is 6.73. The van der Waals surface area contributed by atoms with E-state index in [2.05, 4.69) is 11.4 Å². The van der Waals surface area contributed by atoms with E-state index in [9.17, 15) is 10.1 Å². The Kier molecular flexibility index (Phi) is 4.11. The van der Waals surface area contributed by atoms with Gasteiger partial charge in [0.1, 0.15) is 16.6 Å². The fourth-order valence-corrected chi connectivity index (χ4v) is 3.59. The molecule has 1 saturated carbocycles. The van der Waals surface area contributed by atoms with E-state index in [1.54, 1.807) is 0 Å². The van der Waals surface area contributed by atoms with Crippen LogP contribution in [0.4, 0.5) is 10.7 Å². The normalized spacial score (nSPS) is 15.7. The lowest BCUT2D eigenvalue weighted by atomic mass is 10.1. The summed E-state index contributed by atoms with van der Waals surface area (Å²) < 4.78 is 0. The standard InChI is InChI=1S/C14H19N3OS/c1-8(2)12(18)13-11(16)10(7-15)14(19-13)17-9-5-3-4-6-9/h8-9,17H,3-6,16H2,1-2H3. The Labute approximate surface area is 117 Å². The lowest BCUT2D eigenvalue weighted by Crippen LogP contribution is -2.14. The van der Waals surface area contributed by atoms with Crippen LogP contribution in [0.3, 0.4) is 0 Å². The van der Waals surface area contributed by atoms with Crippen molar-refractivity contribution in [3.05, 3.63) is 10.4 Å². The first-order valence-electron chi connectivity index (χ1n) is 6.67. The third kappa shape index (κ3) is 2.74. The van der Waals surface area contributed by atoms with E-state index < -0.39 is 0 Å². The SMILES string of the molecule is CC(C)C(=O)c1sc(NC2CCCC2)c(C#N)c1N. The molecule has 1 aromatic heterocycles. The van der Waals surface area contributed by atoms with Gasteiger partial charge in [0.2, 0.25) is 0 Å². The molecule has 1 fully saturated rings. The number of hydrogen-bond donors (Lipinski definition) is 2. The van der Waals surface area contributed by atoms with E-state index in [1.807, 2.05) is 13.8 Å². The molecule has 1 aliphatic rings. The molecule has 19 heavy (non-hydrogen) atoms. The number of nitrogens with zero attached hydrogens (tertiary/aromatic N) is 1. The first-order chi connectivity index (χ1) is 9.04. The zero-order valence-electron chi connectivity index (χ0n) is 11.3. The highest BCUT2D eigenvalue weighted by atomic mass is 32.1. The van der Waals surface area contributed by atoms with Crippen molar-refractivity contribution in [1.29, 1.82) is 5.26 Å². The van der Waals surface area contributed by atoms with Crippen LogP contribution in [0.5, 0.6) is 0 Å². The fraction of sp³-hybridized carbons (Fsp3) is 0.571. The number of Topliss-reactive ketones (excluding diaryl/α,β-unsaturated/α-hetero) is 1. The Morgan fingerprint density at radius 2 is 2.11 bits per heavy atom. The maximum atomic E-state index is 12.1. The molecule has 3 N–H and O–H groups in total. The molecule has 0 amide bonds. The summed E-state index contributed by atoms with van der Waals surface area (Å²) in [5, 5.41) is 13.4. The molecule has 0 aliphatic heterocycles. The van der Waals surface area contributed by atoms with Crippen molar-refractivity contribution in [2.45, 2.75) is 45.6 Å². The highest BCUT2D eigenvalue weighted by Gasteiger charge is 2.24. The van der Waals surface area contributed by atoms with Crippen LogP contribution in [0.25, 0.3) is 0 Å². The van der Waals surface area contributed by atoms with Crippen LogP contribution < -0.4 is 11.1 Å². The summed E-state index contributed by atoms with van der Waals surface area (Å²) in [4.78, 5) is 12.6. The number of carbonyl (C=O) groups excluding carboxylic acids is 1. The molecule has 2 rings (SSSR count). The smallest absolute Gasteiger partial charge is 0.177 e. The number of anilines is 2. The lowest BCUT2D eigenvalue weighted by molar-refractivity contribution is 0.0944. The molecule has 0 spiro atoms. The number of carbonyl (C=O) groups is 1. The summed E-state index contributed by atoms with van der Waals surface area (Å²) in [7, 11) is 0. The number of ketones is 1. The van der Waals surface area contributed by atoms with Gasteiger partial charge in [-0.05, 0) is 12.8 Å².